The maximum atomic E-state index is 11.9. The summed E-state index contributed by atoms with van der Waals surface area (Å²) in [5.74, 6) is -0.465. The van der Waals surface area contributed by atoms with Gasteiger partial charge in [0, 0.05) is 6.61 Å². The van der Waals surface area contributed by atoms with Crippen LogP contribution in [0.4, 0.5) is 0 Å². The van der Waals surface area contributed by atoms with Gasteiger partial charge in [-0.15, -0.1) is 0 Å². The molecular formula is C18H28O4Si. The van der Waals surface area contributed by atoms with Gasteiger partial charge in [0.1, 0.15) is 0 Å². The standard InChI is InChI=1S/C18H28O4Si/c1-18(2,3)23(4,5)21-13-9-12-16(14-19)22-17(20)15-10-7-6-8-11-15/h6-8,10-11,14,16H,9,12-13H2,1-5H3/t16-/m0/s1. The van der Waals surface area contributed by atoms with Gasteiger partial charge in [0.05, 0.1) is 5.56 Å². The Morgan fingerprint density at radius 2 is 1.83 bits per heavy atom. The van der Waals surface area contributed by atoms with E-state index in [0.29, 0.717) is 31.3 Å². The average Bonchev–Trinajstić information content (AvgIpc) is 2.49. The Hall–Kier alpha value is -1.46. The molecule has 4 nitrogen and oxygen atoms in total. The number of ether oxygens (including phenoxy) is 1. The zero-order chi connectivity index (χ0) is 17.5. The lowest BCUT2D eigenvalue weighted by atomic mass is 10.2. The molecule has 0 fully saturated rings. The molecule has 0 unspecified atom stereocenters. The van der Waals surface area contributed by atoms with Gasteiger partial charge in [-0.2, -0.15) is 0 Å². The van der Waals surface area contributed by atoms with Gasteiger partial charge in [-0.3, -0.25) is 4.79 Å². The summed E-state index contributed by atoms with van der Waals surface area (Å²) in [6.07, 6.45) is 1.15. The largest absolute Gasteiger partial charge is 0.451 e. The number of hydrogen-bond acceptors (Lipinski definition) is 4. The van der Waals surface area contributed by atoms with E-state index in [9.17, 15) is 9.59 Å². The summed E-state index contributed by atoms with van der Waals surface area (Å²) in [4.78, 5) is 23.0. The van der Waals surface area contributed by atoms with Crippen molar-refractivity contribution in [1.29, 1.82) is 0 Å². The van der Waals surface area contributed by atoms with Crippen LogP contribution in [0.15, 0.2) is 30.3 Å². The van der Waals surface area contributed by atoms with E-state index in [4.69, 9.17) is 9.16 Å². The predicted octanol–water partition coefficient (Wildman–Crippen LogP) is 4.21. The van der Waals surface area contributed by atoms with Crippen LogP contribution in [0.1, 0.15) is 44.0 Å². The van der Waals surface area contributed by atoms with Crippen LogP contribution in [0.3, 0.4) is 0 Å². The van der Waals surface area contributed by atoms with Gasteiger partial charge in [-0.05, 0) is 43.1 Å². The lowest BCUT2D eigenvalue weighted by Gasteiger charge is -2.36. The van der Waals surface area contributed by atoms with Crippen molar-refractivity contribution in [3.8, 4) is 0 Å². The summed E-state index contributed by atoms with van der Waals surface area (Å²) in [5.41, 5.74) is 0.455. The molecule has 1 aromatic carbocycles. The molecule has 1 aromatic rings. The van der Waals surface area contributed by atoms with Crippen molar-refractivity contribution >= 4 is 20.6 Å². The fourth-order valence-corrected chi connectivity index (χ4v) is 2.85. The highest BCUT2D eigenvalue weighted by Crippen LogP contribution is 2.36. The minimum absolute atomic E-state index is 0.164. The Morgan fingerprint density at radius 3 is 2.35 bits per heavy atom. The number of rotatable bonds is 8. The van der Waals surface area contributed by atoms with Gasteiger partial charge in [0.2, 0.25) is 0 Å². The molecule has 0 bridgehead atoms. The Bertz CT molecular complexity index is 506. The molecule has 128 valence electrons. The predicted molar refractivity (Wildman–Crippen MR) is 94.1 cm³/mol. The highest BCUT2D eigenvalue weighted by molar-refractivity contribution is 6.74. The van der Waals surface area contributed by atoms with Crippen LogP contribution in [0.2, 0.25) is 18.1 Å². The fraction of sp³-hybridized carbons (Fsp3) is 0.556. The smallest absolute Gasteiger partial charge is 0.338 e. The first-order chi connectivity index (χ1) is 10.7. The molecule has 0 radical (unpaired) electrons. The van der Waals surface area contributed by atoms with E-state index in [1.807, 2.05) is 6.07 Å². The number of benzene rings is 1. The first-order valence-corrected chi connectivity index (χ1v) is 10.9. The van der Waals surface area contributed by atoms with Crippen molar-refractivity contribution in [2.24, 2.45) is 0 Å². The fourth-order valence-electron chi connectivity index (χ4n) is 1.76. The van der Waals surface area contributed by atoms with Crippen LogP contribution < -0.4 is 0 Å². The summed E-state index contributed by atoms with van der Waals surface area (Å²) in [6, 6.07) is 8.70. The lowest BCUT2D eigenvalue weighted by Crippen LogP contribution is -2.41. The van der Waals surface area contributed by atoms with Gasteiger partial charge >= 0.3 is 5.97 Å². The Morgan fingerprint density at radius 1 is 1.22 bits per heavy atom. The van der Waals surface area contributed by atoms with Crippen LogP contribution in [-0.4, -0.2) is 33.3 Å². The van der Waals surface area contributed by atoms with Crippen LogP contribution >= 0.6 is 0 Å². The molecule has 0 amide bonds. The summed E-state index contributed by atoms with van der Waals surface area (Å²) in [5, 5.41) is 0.164. The van der Waals surface area contributed by atoms with Crippen molar-refractivity contribution in [2.45, 2.75) is 57.8 Å². The third kappa shape index (κ3) is 6.27. The molecule has 0 spiro atoms. The van der Waals surface area contributed by atoms with E-state index in [1.54, 1.807) is 24.3 Å². The van der Waals surface area contributed by atoms with Gasteiger partial charge in [0.15, 0.2) is 20.7 Å². The molecule has 0 aliphatic rings. The number of aldehydes is 1. The van der Waals surface area contributed by atoms with Gasteiger partial charge in [0.25, 0.3) is 0 Å². The molecule has 5 heteroatoms. The minimum atomic E-state index is -1.77. The van der Waals surface area contributed by atoms with Crippen molar-refractivity contribution < 1.29 is 18.8 Å². The molecular weight excluding hydrogens is 308 g/mol. The molecule has 0 aliphatic carbocycles. The van der Waals surface area contributed by atoms with E-state index in [2.05, 4.69) is 33.9 Å². The molecule has 0 N–H and O–H groups in total. The SMILES string of the molecule is CC(C)(C)[Si](C)(C)OCCC[C@@H](C=O)OC(=O)c1ccccc1. The molecule has 0 heterocycles. The van der Waals surface area contributed by atoms with Gasteiger partial charge < -0.3 is 9.16 Å². The average molecular weight is 337 g/mol. The second kappa shape index (κ2) is 8.41. The first-order valence-electron chi connectivity index (χ1n) is 8.02. The summed E-state index contributed by atoms with van der Waals surface area (Å²) < 4.78 is 11.3. The summed E-state index contributed by atoms with van der Waals surface area (Å²) in [6.45, 7) is 11.5. The Balaban J connectivity index is 2.40. The molecule has 0 aliphatic heterocycles. The monoisotopic (exact) mass is 336 g/mol. The van der Waals surface area contributed by atoms with Crippen molar-refractivity contribution in [3.05, 3.63) is 35.9 Å². The third-order valence-electron chi connectivity index (χ3n) is 4.32. The van der Waals surface area contributed by atoms with E-state index in [-0.39, 0.29) is 5.04 Å². The number of hydrogen-bond donors (Lipinski definition) is 0. The zero-order valence-electron chi connectivity index (χ0n) is 14.8. The maximum Gasteiger partial charge on any atom is 0.338 e. The third-order valence-corrected chi connectivity index (χ3v) is 8.86. The minimum Gasteiger partial charge on any atom is -0.451 e. The maximum absolute atomic E-state index is 11.9. The van der Waals surface area contributed by atoms with Crippen LogP contribution in [0.5, 0.6) is 0 Å². The molecule has 0 saturated heterocycles. The second-order valence-electron chi connectivity index (χ2n) is 7.20. The van der Waals surface area contributed by atoms with E-state index in [0.717, 1.165) is 0 Å². The number of carbonyl (C=O) groups is 2. The van der Waals surface area contributed by atoms with E-state index in [1.165, 1.54) is 0 Å². The second-order valence-corrected chi connectivity index (χ2v) is 12.0. The lowest BCUT2D eigenvalue weighted by molar-refractivity contribution is -0.115. The molecule has 23 heavy (non-hydrogen) atoms. The van der Waals surface area contributed by atoms with E-state index < -0.39 is 20.4 Å². The summed E-state index contributed by atoms with van der Waals surface area (Å²) in [7, 11) is -1.77. The quantitative estimate of drug-likeness (QED) is 0.309. The van der Waals surface area contributed by atoms with Crippen LogP contribution in [-0.2, 0) is 14.0 Å². The van der Waals surface area contributed by atoms with Crippen molar-refractivity contribution in [3.63, 3.8) is 0 Å². The normalized spacial score (nSPS) is 13.4. The van der Waals surface area contributed by atoms with Crippen LogP contribution in [0.25, 0.3) is 0 Å². The Kier molecular flexibility index (Phi) is 7.16. The van der Waals surface area contributed by atoms with Crippen LogP contribution in [0, 0.1) is 0 Å². The molecule has 1 rings (SSSR count). The Labute approximate surface area is 140 Å². The zero-order valence-corrected chi connectivity index (χ0v) is 15.8. The highest BCUT2D eigenvalue weighted by Gasteiger charge is 2.36. The van der Waals surface area contributed by atoms with Gasteiger partial charge in [-0.25, -0.2) is 4.79 Å². The van der Waals surface area contributed by atoms with Crippen molar-refractivity contribution in [2.75, 3.05) is 6.61 Å². The number of carbonyl (C=O) groups excluding carboxylic acids is 2. The van der Waals surface area contributed by atoms with Crippen molar-refractivity contribution in [1.82, 2.24) is 0 Å². The summed E-state index contributed by atoms with van der Waals surface area (Å²) >= 11 is 0. The molecule has 0 aromatic heterocycles. The first kappa shape index (κ1) is 19.6. The van der Waals surface area contributed by atoms with Gasteiger partial charge in [-0.1, -0.05) is 39.0 Å². The molecule has 0 saturated carbocycles. The van der Waals surface area contributed by atoms with E-state index >= 15 is 0 Å². The highest BCUT2D eigenvalue weighted by atomic mass is 28.4. The topological polar surface area (TPSA) is 52.6 Å². The number of esters is 1. The molecule has 1 atom stereocenters.